The van der Waals surface area contributed by atoms with Gasteiger partial charge in [-0.2, -0.15) is 8.78 Å². The Labute approximate surface area is 87.7 Å². The van der Waals surface area contributed by atoms with E-state index in [2.05, 4.69) is 34.7 Å². The first kappa shape index (κ1) is 12.3. The smallest absolute Gasteiger partial charge is 0.371 e. The highest BCUT2D eigenvalue weighted by Crippen LogP contribution is 1.99. The quantitative estimate of drug-likeness (QED) is 0.810. The van der Waals surface area contributed by atoms with Crippen LogP contribution < -0.4 is 0 Å². The summed E-state index contributed by atoms with van der Waals surface area (Å²) < 4.78 is 22.4. The van der Waals surface area contributed by atoms with E-state index in [9.17, 15) is 8.78 Å². The maximum atomic E-state index is 10.6. The molecule has 0 atom stereocenters. The van der Waals surface area contributed by atoms with Gasteiger partial charge in [-0.3, -0.25) is 0 Å². The fourth-order valence-electron chi connectivity index (χ4n) is 0.415. The molecule has 0 aromatic heterocycles. The maximum Gasteiger partial charge on any atom is 0.371 e. The molecule has 0 saturated heterocycles. The van der Waals surface area contributed by atoms with E-state index in [4.69, 9.17) is 9.90 Å². The monoisotopic (exact) mass is 300 g/mol. The third-order valence-corrected chi connectivity index (χ3v) is 1.64. The first-order valence-electron chi connectivity index (χ1n) is 3.25. The minimum atomic E-state index is -3.23. The molecule has 13 heavy (non-hydrogen) atoms. The average Bonchev–Trinajstić information content (AvgIpc) is 2.06. The highest BCUT2D eigenvalue weighted by molar-refractivity contribution is 14.1. The molecule has 0 aliphatic rings. The van der Waals surface area contributed by atoms with Gasteiger partial charge in [-0.15, -0.1) is 0 Å². The molecule has 1 N–H and O–H groups in total. The van der Waals surface area contributed by atoms with E-state index >= 15 is 0 Å². The molecule has 2 nitrogen and oxygen atoms in total. The zero-order valence-corrected chi connectivity index (χ0v) is 8.61. The summed E-state index contributed by atoms with van der Waals surface area (Å²) in [6, 6.07) is 10.2. The minimum Gasteiger partial charge on any atom is -0.477 e. The van der Waals surface area contributed by atoms with E-state index in [1.165, 1.54) is 3.57 Å². The number of carboxylic acid groups (broad SMARTS) is 1. The second-order valence-corrected chi connectivity index (χ2v) is 3.18. The number of alkyl halides is 2. The van der Waals surface area contributed by atoms with Crippen LogP contribution in [0.5, 0.6) is 0 Å². The summed E-state index contributed by atoms with van der Waals surface area (Å²) >= 11 is 2.28. The molecule has 1 rings (SSSR count). The van der Waals surface area contributed by atoms with E-state index < -0.39 is 12.4 Å². The number of carboxylic acids is 1. The second kappa shape index (κ2) is 6.76. The lowest BCUT2D eigenvalue weighted by molar-refractivity contribution is -0.149. The maximum absolute atomic E-state index is 10.6. The summed E-state index contributed by atoms with van der Waals surface area (Å²) in [5, 5.41) is 7.24. The van der Waals surface area contributed by atoms with Crippen LogP contribution in [0.25, 0.3) is 0 Å². The van der Waals surface area contributed by atoms with Gasteiger partial charge in [-0.1, -0.05) is 18.2 Å². The summed E-state index contributed by atoms with van der Waals surface area (Å²) in [5.74, 6) is -2.07. The van der Waals surface area contributed by atoms with Crippen molar-refractivity contribution in [1.82, 2.24) is 0 Å². The van der Waals surface area contributed by atoms with Crippen molar-refractivity contribution in [2.75, 3.05) is 0 Å². The standard InChI is InChI=1S/C6H5I.C2H2F2O2/c7-6-4-2-1-3-5-6;3-1(4)2(5)6/h1-5H;1H,(H,5,6). The van der Waals surface area contributed by atoms with E-state index in [1.807, 2.05) is 18.2 Å². The van der Waals surface area contributed by atoms with E-state index in [1.54, 1.807) is 0 Å². The SMILES string of the molecule is Ic1ccccc1.O=C(O)C(F)F. The number of hydrogen-bond acceptors (Lipinski definition) is 1. The molecule has 0 aliphatic heterocycles. The third kappa shape index (κ3) is 7.63. The van der Waals surface area contributed by atoms with Crippen LogP contribution >= 0.6 is 22.6 Å². The lowest BCUT2D eigenvalue weighted by Crippen LogP contribution is -2.06. The fraction of sp³-hybridized carbons (Fsp3) is 0.125. The van der Waals surface area contributed by atoms with Gasteiger partial charge in [0.25, 0.3) is 0 Å². The molecule has 0 radical (unpaired) electrons. The van der Waals surface area contributed by atoms with Gasteiger partial charge in [0.15, 0.2) is 0 Å². The molecule has 0 saturated carbocycles. The van der Waals surface area contributed by atoms with Crippen molar-refractivity contribution >= 4 is 28.6 Å². The van der Waals surface area contributed by atoms with Crippen LogP contribution in [0.4, 0.5) is 8.78 Å². The Hall–Kier alpha value is -0.720. The number of rotatable bonds is 1. The molecule has 0 fully saturated rings. The summed E-state index contributed by atoms with van der Waals surface area (Å²) in [7, 11) is 0. The Bertz CT molecular complexity index is 252. The lowest BCUT2D eigenvalue weighted by atomic mass is 10.4. The largest absolute Gasteiger partial charge is 0.477 e. The number of carbonyl (C=O) groups is 1. The van der Waals surface area contributed by atoms with Crippen molar-refractivity contribution < 1.29 is 18.7 Å². The van der Waals surface area contributed by atoms with Crippen molar-refractivity contribution in [3.63, 3.8) is 0 Å². The number of aliphatic carboxylic acids is 1. The highest BCUT2D eigenvalue weighted by Gasteiger charge is 2.10. The van der Waals surface area contributed by atoms with Crippen LogP contribution in [-0.2, 0) is 4.79 Å². The Balaban J connectivity index is 0.000000226. The van der Waals surface area contributed by atoms with Crippen LogP contribution in [0.2, 0.25) is 0 Å². The molecule has 0 amide bonds. The molecule has 1 aromatic rings. The van der Waals surface area contributed by atoms with Crippen molar-refractivity contribution in [2.45, 2.75) is 6.43 Å². The minimum absolute atomic E-state index is 1.29. The Morgan fingerprint density at radius 3 is 1.85 bits per heavy atom. The number of halogens is 3. The first-order valence-corrected chi connectivity index (χ1v) is 4.33. The van der Waals surface area contributed by atoms with Crippen LogP contribution in [0, 0.1) is 3.57 Å². The fourth-order valence-corrected chi connectivity index (χ4v) is 0.830. The second-order valence-electron chi connectivity index (χ2n) is 1.93. The molecule has 0 unspecified atom stereocenters. The average molecular weight is 300 g/mol. The molecule has 72 valence electrons. The molecule has 5 heteroatoms. The van der Waals surface area contributed by atoms with Gasteiger partial charge in [0.2, 0.25) is 0 Å². The topological polar surface area (TPSA) is 37.3 Å². The van der Waals surface area contributed by atoms with Gasteiger partial charge < -0.3 is 5.11 Å². The van der Waals surface area contributed by atoms with Crippen LogP contribution in [0.15, 0.2) is 30.3 Å². The number of hydrogen-bond donors (Lipinski definition) is 1. The Morgan fingerprint density at radius 2 is 1.69 bits per heavy atom. The van der Waals surface area contributed by atoms with Gasteiger partial charge in [0.1, 0.15) is 0 Å². The van der Waals surface area contributed by atoms with E-state index in [0.29, 0.717) is 0 Å². The molecular formula is C8H7F2IO2. The molecule has 0 heterocycles. The van der Waals surface area contributed by atoms with Gasteiger partial charge in [0.05, 0.1) is 0 Å². The summed E-state index contributed by atoms with van der Waals surface area (Å²) in [5.41, 5.74) is 0. The van der Waals surface area contributed by atoms with Gasteiger partial charge in [0, 0.05) is 3.57 Å². The molecular weight excluding hydrogens is 293 g/mol. The van der Waals surface area contributed by atoms with Crippen LogP contribution in [-0.4, -0.2) is 17.5 Å². The summed E-state index contributed by atoms with van der Waals surface area (Å²) in [6.07, 6.45) is -3.23. The van der Waals surface area contributed by atoms with Crippen molar-refractivity contribution in [1.29, 1.82) is 0 Å². The van der Waals surface area contributed by atoms with Gasteiger partial charge in [-0.25, -0.2) is 4.79 Å². The van der Waals surface area contributed by atoms with E-state index in [-0.39, 0.29) is 0 Å². The van der Waals surface area contributed by atoms with Crippen molar-refractivity contribution in [3.8, 4) is 0 Å². The van der Waals surface area contributed by atoms with Gasteiger partial charge >= 0.3 is 12.4 Å². The van der Waals surface area contributed by atoms with E-state index in [0.717, 1.165) is 0 Å². The summed E-state index contributed by atoms with van der Waals surface area (Å²) in [4.78, 5) is 8.95. The molecule has 0 bridgehead atoms. The van der Waals surface area contributed by atoms with Crippen molar-refractivity contribution in [2.24, 2.45) is 0 Å². The predicted octanol–water partition coefficient (Wildman–Crippen LogP) is 2.63. The predicted molar refractivity (Wildman–Crippen MR) is 52.8 cm³/mol. The third-order valence-electron chi connectivity index (χ3n) is 0.920. The Kier molecular flexibility index (Phi) is 6.38. The molecule has 1 aromatic carbocycles. The lowest BCUT2D eigenvalue weighted by Gasteiger charge is -1.81. The molecule has 0 spiro atoms. The van der Waals surface area contributed by atoms with Crippen molar-refractivity contribution in [3.05, 3.63) is 33.9 Å². The Morgan fingerprint density at radius 1 is 1.31 bits per heavy atom. The van der Waals surface area contributed by atoms with Crippen LogP contribution in [0.3, 0.4) is 0 Å². The zero-order chi connectivity index (χ0) is 10.3. The molecule has 0 aliphatic carbocycles. The highest BCUT2D eigenvalue weighted by atomic mass is 127. The van der Waals surface area contributed by atoms with Gasteiger partial charge in [-0.05, 0) is 34.7 Å². The summed E-state index contributed by atoms with van der Waals surface area (Å²) in [6.45, 7) is 0. The zero-order valence-electron chi connectivity index (χ0n) is 6.45. The van der Waals surface area contributed by atoms with Crippen LogP contribution in [0.1, 0.15) is 0 Å². The number of benzene rings is 1. The normalized spacial score (nSPS) is 8.92. The first-order chi connectivity index (χ1) is 6.04.